The Bertz CT molecular complexity index is 652. The van der Waals surface area contributed by atoms with Crippen LogP contribution in [0.3, 0.4) is 0 Å². The predicted molar refractivity (Wildman–Crippen MR) is 86.3 cm³/mol. The molecule has 1 saturated heterocycles. The quantitative estimate of drug-likeness (QED) is 0.861. The first-order chi connectivity index (χ1) is 11.1. The molecule has 2 aromatic rings. The van der Waals surface area contributed by atoms with E-state index in [-0.39, 0.29) is 17.2 Å². The molecule has 1 aliphatic rings. The molecule has 1 fully saturated rings. The zero-order valence-electron chi connectivity index (χ0n) is 13.0. The van der Waals surface area contributed by atoms with Crippen molar-refractivity contribution >= 4 is 17.5 Å². The number of benzene rings is 1. The molecule has 1 atom stereocenters. The van der Waals surface area contributed by atoms with E-state index in [2.05, 4.69) is 5.16 Å². The van der Waals surface area contributed by atoms with Crippen LogP contribution in [0.2, 0.25) is 5.22 Å². The highest BCUT2D eigenvalue weighted by atomic mass is 35.5. The summed E-state index contributed by atoms with van der Waals surface area (Å²) in [6.45, 7) is 3.59. The Hall–Kier alpha value is -1.85. The molecule has 0 N–H and O–H groups in total. The van der Waals surface area contributed by atoms with Crippen molar-refractivity contribution in [3.05, 3.63) is 52.4 Å². The fraction of sp³-hybridized carbons (Fsp3) is 0.412. The van der Waals surface area contributed by atoms with E-state index < -0.39 is 0 Å². The van der Waals surface area contributed by atoms with Gasteiger partial charge in [0, 0.05) is 18.5 Å². The minimum atomic E-state index is -0.0604. The molecule has 0 unspecified atom stereocenters. The number of hydrogen-bond donors (Lipinski definition) is 0. The molecule has 0 bridgehead atoms. The van der Waals surface area contributed by atoms with Crippen LogP contribution in [0.4, 0.5) is 0 Å². The third-order valence-corrected chi connectivity index (χ3v) is 4.41. The number of amides is 1. The van der Waals surface area contributed by atoms with E-state index in [1.54, 1.807) is 0 Å². The van der Waals surface area contributed by atoms with Crippen molar-refractivity contribution in [2.75, 3.05) is 19.7 Å². The van der Waals surface area contributed by atoms with Gasteiger partial charge >= 0.3 is 0 Å². The molecule has 1 aromatic heterocycles. The van der Waals surface area contributed by atoms with Gasteiger partial charge in [-0.2, -0.15) is 0 Å². The predicted octanol–water partition coefficient (Wildman–Crippen LogP) is 3.17. The summed E-state index contributed by atoms with van der Waals surface area (Å²) in [6.07, 6.45) is 0.874. The van der Waals surface area contributed by atoms with Gasteiger partial charge in [0.15, 0.2) is 0 Å². The van der Waals surface area contributed by atoms with Crippen LogP contribution in [0.5, 0.6) is 0 Å². The minimum Gasteiger partial charge on any atom is -0.370 e. The lowest BCUT2D eigenvalue weighted by Crippen LogP contribution is -2.42. The summed E-state index contributed by atoms with van der Waals surface area (Å²) >= 11 is 5.94. The molecule has 3 rings (SSSR count). The van der Waals surface area contributed by atoms with Gasteiger partial charge in [-0.15, -0.1) is 0 Å². The van der Waals surface area contributed by atoms with E-state index in [1.807, 2.05) is 42.2 Å². The number of carbonyl (C=O) groups is 1. The molecule has 0 aliphatic carbocycles. The van der Waals surface area contributed by atoms with Crippen LogP contribution >= 0.6 is 11.6 Å². The van der Waals surface area contributed by atoms with Crippen molar-refractivity contribution in [1.29, 1.82) is 0 Å². The monoisotopic (exact) mass is 334 g/mol. The molecule has 1 aliphatic heterocycles. The lowest BCUT2D eigenvalue weighted by Gasteiger charge is -2.33. The van der Waals surface area contributed by atoms with E-state index in [0.29, 0.717) is 32.5 Å². The van der Waals surface area contributed by atoms with Crippen LogP contribution in [0.25, 0.3) is 0 Å². The van der Waals surface area contributed by atoms with Gasteiger partial charge < -0.3 is 14.2 Å². The van der Waals surface area contributed by atoms with Crippen molar-refractivity contribution in [3.63, 3.8) is 0 Å². The summed E-state index contributed by atoms with van der Waals surface area (Å²) in [7, 11) is 0. The Morgan fingerprint density at radius 2 is 2.17 bits per heavy atom. The molecule has 2 heterocycles. The Morgan fingerprint density at radius 3 is 2.87 bits per heavy atom. The van der Waals surface area contributed by atoms with Crippen molar-refractivity contribution < 1.29 is 14.1 Å². The van der Waals surface area contributed by atoms with E-state index >= 15 is 0 Å². The van der Waals surface area contributed by atoms with Gasteiger partial charge in [-0.05, 0) is 30.5 Å². The number of halogens is 1. The fourth-order valence-corrected chi connectivity index (χ4v) is 3.04. The number of nitrogens with zero attached hydrogens (tertiary/aromatic N) is 2. The van der Waals surface area contributed by atoms with Crippen molar-refractivity contribution in [2.24, 2.45) is 0 Å². The maximum atomic E-state index is 12.5. The number of rotatable bonds is 4. The van der Waals surface area contributed by atoms with E-state index in [1.165, 1.54) is 0 Å². The Labute approximate surface area is 140 Å². The summed E-state index contributed by atoms with van der Waals surface area (Å²) in [5, 5.41) is 4.08. The average Bonchev–Trinajstić information content (AvgIpc) is 2.92. The number of ether oxygens (including phenoxy) is 1. The largest absolute Gasteiger partial charge is 0.370 e. The van der Waals surface area contributed by atoms with Gasteiger partial charge in [-0.3, -0.25) is 4.79 Å². The van der Waals surface area contributed by atoms with Gasteiger partial charge in [-0.25, -0.2) is 0 Å². The topological polar surface area (TPSA) is 55.6 Å². The standard InChI is InChI=1S/C17H19ClN2O3/c1-12-14(17(18)23-19-12)7-8-16(21)20-9-10-22-15(11-20)13-5-3-2-4-6-13/h2-6,15H,7-11H2,1H3/t15-/m1/s1. The normalized spacial score (nSPS) is 18.2. The molecule has 1 amide bonds. The second-order valence-corrected chi connectivity index (χ2v) is 5.97. The molecule has 5 nitrogen and oxygen atoms in total. The molecule has 0 saturated carbocycles. The first kappa shape index (κ1) is 16.0. The summed E-state index contributed by atoms with van der Waals surface area (Å²) in [5.41, 5.74) is 2.66. The lowest BCUT2D eigenvalue weighted by atomic mass is 10.1. The van der Waals surface area contributed by atoms with Crippen molar-refractivity contribution in [3.8, 4) is 0 Å². The van der Waals surface area contributed by atoms with Crippen LogP contribution in [-0.2, 0) is 16.0 Å². The Balaban J connectivity index is 1.59. The summed E-state index contributed by atoms with van der Waals surface area (Å²) in [4.78, 5) is 14.3. The minimum absolute atomic E-state index is 0.0604. The maximum Gasteiger partial charge on any atom is 0.229 e. The van der Waals surface area contributed by atoms with Crippen LogP contribution in [-0.4, -0.2) is 35.7 Å². The van der Waals surface area contributed by atoms with Crippen molar-refractivity contribution in [1.82, 2.24) is 10.1 Å². The van der Waals surface area contributed by atoms with Crippen LogP contribution in [0.1, 0.15) is 29.3 Å². The number of aryl methyl sites for hydroxylation is 1. The first-order valence-electron chi connectivity index (χ1n) is 7.70. The van der Waals surface area contributed by atoms with Gasteiger partial charge in [0.05, 0.1) is 18.8 Å². The third kappa shape index (κ3) is 3.74. The van der Waals surface area contributed by atoms with E-state index in [9.17, 15) is 4.79 Å². The number of morpholine rings is 1. The smallest absolute Gasteiger partial charge is 0.229 e. The molecular weight excluding hydrogens is 316 g/mol. The molecular formula is C17H19ClN2O3. The highest BCUT2D eigenvalue weighted by Gasteiger charge is 2.25. The van der Waals surface area contributed by atoms with Crippen LogP contribution in [0, 0.1) is 6.92 Å². The van der Waals surface area contributed by atoms with Crippen molar-refractivity contribution in [2.45, 2.75) is 25.9 Å². The maximum absolute atomic E-state index is 12.5. The van der Waals surface area contributed by atoms with Gasteiger partial charge in [-0.1, -0.05) is 35.5 Å². The van der Waals surface area contributed by atoms with E-state index in [4.69, 9.17) is 20.9 Å². The molecule has 122 valence electrons. The first-order valence-corrected chi connectivity index (χ1v) is 8.08. The summed E-state index contributed by atoms with van der Waals surface area (Å²) < 4.78 is 10.7. The number of aromatic nitrogens is 1. The Morgan fingerprint density at radius 1 is 1.39 bits per heavy atom. The number of carbonyl (C=O) groups excluding carboxylic acids is 1. The zero-order chi connectivity index (χ0) is 16.2. The molecule has 0 radical (unpaired) electrons. The zero-order valence-corrected chi connectivity index (χ0v) is 13.8. The Kier molecular flexibility index (Phi) is 4.98. The summed E-state index contributed by atoms with van der Waals surface area (Å²) in [5.74, 6) is 0.103. The van der Waals surface area contributed by atoms with Gasteiger partial charge in [0.25, 0.3) is 0 Å². The second kappa shape index (κ2) is 7.15. The number of hydrogen-bond acceptors (Lipinski definition) is 4. The lowest BCUT2D eigenvalue weighted by molar-refractivity contribution is -0.139. The highest BCUT2D eigenvalue weighted by molar-refractivity contribution is 6.29. The molecule has 1 aromatic carbocycles. The molecule has 23 heavy (non-hydrogen) atoms. The third-order valence-electron chi connectivity index (χ3n) is 4.12. The van der Waals surface area contributed by atoms with Crippen LogP contribution in [0.15, 0.2) is 34.9 Å². The van der Waals surface area contributed by atoms with Gasteiger partial charge in [0.1, 0.15) is 6.10 Å². The SMILES string of the molecule is Cc1noc(Cl)c1CCC(=O)N1CCO[C@@H](c2ccccc2)C1. The highest BCUT2D eigenvalue weighted by Crippen LogP contribution is 2.24. The van der Waals surface area contributed by atoms with E-state index in [0.717, 1.165) is 16.8 Å². The molecule has 0 spiro atoms. The second-order valence-electron chi connectivity index (χ2n) is 5.63. The van der Waals surface area contributed by atoms with Crippen LogP contribution < -0.4 is 0 Å². The summed E-state index contributed by atoms with van der Waals surface area (Å²) in [6, 6.07) is 9.99. The molecule has 6 heteroatoms. The average molecular weight is 335 g/mol. The fourth-order valence-electron chi connectivity index (χ4n) is 2.78. The van der Waals surface area contributed by atoms with Gasteiger partial charge in [0.2, 0.25) is 11.1 Å².